The lowest BCUT2D eigenvalue weighted by atomic mass is 10.1. The lowest BCUT2D eigenvalue weighted by Crippen LogP contribution is -2.30. The molecule has 0 spiro atoms. The van der Waals surface area contributed by atoms with Crippen molar-refractivity contribution in [3.05, 3.63) is 105 Å². The van der Waals surface area contributed by atoms with Gasteiger partial charge in [0.2, 0.25) is 0 Å². The van der Waals surface area contributed by atoms with Crippen LogP contribution in [-0.4, -0.2) is 33.1 Å². The number of carbonyl (C=O) groups is 2. The lowest BCUT2D eigenvalue weighted by molar-refractivity contribution is -0.384. The summed E-state index contributed by atoms with van der Waals surface area (Å²) in [6, 6.07) is 19.5. The number of benzene rings is 3. The Morgan fingerprint density at radius 2 is 1.83 bits per heavy atom. The molecule has 1 aliphatic heterocycles. The SMILES string of the molecule is COc1cc(C=C2SC(=S)N(C(C)c3ccccc3)C2=O)ccc1OC(=O)c1cccc([N+](=O)[O-])c1. The summed E-state index contributed by atoms with van der Waals surface area (Å²) in [5, 5.41) is 11.0. The van der Waals surface area contributed by atoms with E-state index in [1.807, 2.05) is 37.3 Å². The summed E-state index contributed by atoms with van der Waals surface area (Å²) in [6.07, 6.45) is 1.70. The van der Waals surface area contributed by atoms with E-state index >= 15 is 0 Å². The average Bonchev–Trinajstić information content (AvgIpc) is 3.17. The van der Waals surface area contributed by atoms with Crippen molar-refractivity contribution in [2.24, 2.45) is 0 Å². The fourth-order valence-electron chi connectivity index (χ4n) is 3.61. The summed E-state index contributed by atoms with van der Waals surface area (Å²) >= 11 is 6.70. The Kier molecular flexibility index (Phi) is 7.47. The minimum absolute atomic E-state index is 0.0338. The number of ether oxygens (including phenoxy) is 2. The fourth-order valence-corrected chi connectivity index (χ4v) is 5.03. The van der Waals surface area contributed by atoms with Crippen LogP contribution in [0.4, 0.5) is 5.69 Å². The van der Waals surface area contributed by atoms with Gasteiger partial charge in [-0.1, -0.05) is 66.4 Å². The van der Waals surface area contributed by atoms with Crippen LogP contribution in [0.25, 0.3) is 6.08 Å². The van der Waals surface area contributed by atoms with Gasteiger partial charge in [-0.2, -0.15) is 0 Å². The summed E-state index contributed by atoms with van der Waals surface area (Å²) in [4.78, 5) is 38.1. The first-order valence-electron chi connectivity index (χ1n) is 10.7. The van der Waals surface area contributed by atoms with Crippen molar-refractivity contribution in [3.8, 4) is 11.5 Å². The van der Waals surface area contributed by atoms with Crippen molar-refractivity contribution in [1.82, 2.24) is 4.90 Å². The number of nitro benzene ring substituents is 1. The molecular weight excluding hydrogens is 500 g/mol. The molecule has 1 fully saturated rings. The molecule has 0 bridgehead atoms. The highest BCUT2D eigenvalue weighted by atomic mass is 32.2. The second-order valence-electron chi connectivity index (χ2n) is 7.75. The van der Waals surface area contributed by atoms with Crippen LogP contribution in [0.5, 0.6) is 11.5 Å². The lowest BCUT2D eigenvalue weighted by Gasteiger charge is -2.23. The third-order valence-corrected chi connectivity index (χ3v) is 6.80. The maximum absolute atomic E-state index is 13.1. The Hall–Kier alpha value is -4.02. The second kappa shape index (κ2) is 10.7. The molecule has 36 heavy (non-hydrogen) atoms. The van der Waals surface area contributed by atoms with E-state index in [1.54, 1.807) is 23.1 Å². The van der Waals surface area contributed by atoms with Crippen molar-refractivity contribution >= 4 is 51.9 Å². The molecule has 8 nitrogen and oxygen atoms in total. The standard InChI is InChI=1S/C26H20N2O6S2/c1-16(18-7-4-3-5-8-18)27-24(29)23(36-26(27)35)14-17-11-12-21(22(13-17)33-2)34-25(30)19-9-6-10-20(15-19)28(31)32/h3-16H,1-2H3. The zero-order valence-electron chi connectivity index (χ0n) is 19.2. The van der Waals surface area contributed by atoms with E-state index in [4.69, 9.17) is 21.7 Å². The van der Waals surface area contributed by atoms with Crippen molar-refractivity contribution in [2.45, 2.75) is 13.0 Å². The number of nitro groups is 1. The predicted octanol–water partition coefficient (Wildman–Crippen LogP) is 5.79. The number of rotatable bonds is 7. The molecule has 1 heterocycles. The molecule has 0 radical (unpaired) electrons. The van der Waals surface area contributed by atoms with Crippen LogP contribution in [0.3, 0.4) is 0 Å². The number of nitrogens with zero attached hydrogens (tertiary/aromatic N) is 2. The van der Waals surface area contributed by atoms with Crippen LogP contribution in [0.2, 0.25) is 0 Å². The molecule has 1 aliphatic rings. The summed E-state index contributed by atoms with van der Waals surface area (Å²) in [5.41, 5.74) is 1.44. The number of thiocarbonyl (C=S) groups is 1. The van der Waals surface area contributed by atoms with Gasteiger partial charge in [0.25, 0.3) is 11.6 Å². The van der Waals surface area contributed by atoms with Crippen LogP contribution in [0.15, 0.2) is 77.7 Å². The van der Waals surface area contributed by atoms with Crippen LogP contribution in [-0.2, 0) is 4.79 Å². The molecule has 1 atom stereocenters. The van der Waals surface area contributed by atoms with Gasteiger partial charge < -0.3 is 9.47 Å². The van der Waals surface area contributed by atoms with Gasteiger partial charge in [-0.3, -0.25) is 19.8 Å². The van der Waals surface area contributed by atoms with Gasteiger partial charge >= 0.3 is 5.97 Å². The molecule has 4 rings (SSSR count). The minimum Gasteiger partial charge on any atom is -0.493 e. The highest BCUT2D eigenvalue weighted by molar-refractivity contribution is 8.26. The molecule has 182 valence electrons. The van der Waals surface area contributed by atoms with E-state index in [2.05, 4.69) is 0 Å². The molecular formula is C26H20N2O6S2. The van der Waals surface area contributed by atoms with Crippen molar-refractivity contribution in [3.63, 3.8) is 0 Å². The molecule has 0 aromatic heterocycles. The molecule has 0 aliphatic carbocycles. The van der Waals surface area contributed by atoms with E-state index < -0.39 is 10.9 Å². The normalized spacial score (nSPS) is 15.2. The third-order valence-electron chi connectivity index (χ3n) is 5.47. The Morgan fingerprint density at radius 1 is 1.08 bits per heavy atom. The summed E-state index contributed by atoms with van der Waals surface area (Å²) in [5.74, 6) is -0.561. The number of esters is 1. The molecule has 3 aromatic carbocycles. The largest absolute Gasteiger partial charge is 0.493 e. The average molecular weight is 521 g/mol. The quantitative estimate of drug-likeness (QED) is 0.0965. The minimum atomic E-state index is -0.763. The van der Waals surface area contributed by atoms with Gasteiger partial charge in [0.1, 0.15) is 4.32 Å². The fraction of sp³-hybridized carbons (Fsp3) is 0.115. The van der Waals surface area contributed by atoms with Crippen LogP contribution in [0.1, 0.15) is 34.5 Å². The highest BCUT2D eigenvalue weighted by Crippen LogP contribution is 2.39. The van der Waals surface area contributed by atoms with E-state index in [0.29, 0.717) is 14.8 Å². The van der Waals surface area contributed by atoms with Gasteiger partial charge in [-0.25, -0.2) is 4.79 Å². The monoisotopic (exact) mass is 520 g/mol. The molecule has 3 aromatic rings. The first-order valence-corrected chi connectivity index (χ1v) is 12.0. The Balaban J connectivity index is 1.54. The van der Waals surface area contributed by atoms with Gasteiger partial charge in [-0.15, -0.1) is 0 Å². The Bertz CT molecular complexity index is 1390. The Labute approximate surface area is 216 Å². The van der Waals surface area contributed by atoms with Gasteiger partial charge in [0, 0.05) is 12.1 Å². The van der Waals surface area contributed by atoms with Crippen LogP contribution in [0, 0.1) is 10.1 Å². The third kappa shape index (κ3) is 5.29. The Morgan fingerprint density at radius 3 is 2.53 bits per heavy atom. The van der Waals surface area contributed by atoms with Crippen molar-refractivity contribution in [2.75, 3.05) is 7.11 Å². The zero-order chi connectivity index (χ0) is 25.8. The van der Waals surface area contributed by atoms with E-state index in [1.165, 1.54) is 43.1 Å². The second-order valence-corrected chi connectivity index (χ2v) is 9.42. The first-order chi connectivity index (χ1) is 17.3. The molecule has 1 unspecified atom stereocenters. The van der Waals surface area contributed by atoms with Crippen LogP contribution >= 0.6 is 24.0 Å². The highest BCUT2D eigenvalue weighted by Gasteiger charge is 2.36. The summed E-state index contributed by atoms with van der Waals surface area (Å²) < 4.78 is 11.3. The molecule has 1 amide bonds. The molecule has 1 saturated heterocycles. The first kappa shape index (κ1) is 25.1. The van der Waals surface area contributed by atoms with E-state index in [9.17, 15) is 19.7 Å². The maximum Gasteiger partial charge on any atom is 0.343 e. The van der Waals surface area contributed by atoms with Crippen molar-refractivity contribution in [1.29, 1.82) is 0 Å². The summed E-state index contributed by atoms with van der Waals surface area (Å²) in [7, 11) is 1.42. The molecule has 10 heteroatoms. The number of non-ortho nitro benzene ring substituents is 1. The zero-order valence-corrected chi connectivity index (χ0v) is 20.9. The number of thioether (sulfide) groups is 1. The summed E-state index contributed by atoms with van der Waals surface area (Å²) in [6.45, 7) is 1.93. The molecule has 0 N–H and O–H groups in total. The number of hydrogen-bond donors (Lipinski definition) is 0. The van der Waals surface area contributed by atoms with E-state index in [-0.39, 0.29) is 34.7 Å². The maximum atomic E-state index is 13.1. The smallest absolute Gasteiger partial charge is 0.343 e. The van der Waals surface area contributed by atoms with Gasteiger partial charge in [-0.05, 0) is 42.3 Å². The predicted molar refractivity (Wildman–Crippen MR) is 141 cm³/mol. The molecule has 0 saturated carbocycles. The number of amides is 1. The number of carbonyl (C=O) groups excluding carboxylic acids is 2. The van der Waals surface area contributed by atoms with E-state index in [0.717, 1.165) is 11.6 Å². The topological polar surface area (TPSA) is 99.0 Å². The number of methoxy groups -OCH3 is 1. The number of hydrogen-bond acceptors (Lipinski definition) is 8. The van der Waals surface area contributed by atoms with Gasteiger partial charge in [0.05, 0.1) is 28.5 Å². The van der Waals surface area contributed by atoms with Gasteiger partial charge in [0.15, 0.2) is 11.5 Å². The van der Waals surface area contributed by atoms with Crippen molar-refractivity contribution < 1.29 is 24.0 Å². The van der Waals surface area contributed by atoms with Crippen LogP contribution < -0.4 is 9.47 Å².